The molecule has 4 aromatic rings. The molecule has 2 aromatic carbocycles. The van der Waals surface area contributed by atoms with Gasteiger partial charge < -0.3 is 14.8 Å². The number of hydrogen-bond donors (Lipinski definition) is 2. The number of ether oxygens (including phenoxy) is 1. The summed E-state index contributed by atoms with van der Waals surface area (Å²) >= 11 is 1.13. The lowest BCUT2D eigenvalue weighted by atomic mass is 10.2. The average molecular weight is 449 g/mol. The summed E-state index contributed by atoms with van der Waals surface area (Å²) in [4.78, 5) is 37.3. The van der Waals surface area contributed by atoms with Crippen LogP contribution in [0.15, 0.2) is 76.9 Å². The smallest absolute Gasteiger partial charge is 0.345 e. The Balaban J connectivity index is 1.74. The first-order chi connectivity index (χ1) is 15.5. The Hall–Kier alpha value is -3.85. The molecule has 2 aromatic heterocycles. The van der Waals surface area contributed by atoms with Crippen LogP contribution in [0.4, 0.5) is 0 Å². The van der Waals surface area contributed by atoms with Crippen LogP contribution in [0.1, 0.15) is 5.82 Å². The Morgan fingerprint density at radius 1 is 1.19 bits per heavy atom. The first kappa shape index (κ1) is 21.4. The number of aromatic amines is 1. The molecule has 0 radical (unpaired) electrons. The standard InChI is InChI=1S/C23H20N4O4S/c1-3-12-27-21(29)14-8-4-5-9-15(14)26-23(27)32-13-18(28)19(22(30)31-2)20-24-16-10-6-7-11-17(16)25-20/h3-11,28H,1,12-13H2,2H3,(H,24,25)/b19-18-. The maximum atomic E-state index is 12.9. The van der Waals surface area contributed by atoms with Crippen molar-refractivity contribution in [1.82, 2.24) is 19.5 Å². The fourth-order valence-electron chi connectivity index (χ4n) is 3.28. The van der Waals surface area contributed by atoms with Crippen LogP contribution in [0.3, 0.4) is 0 Å². The molecule has 0 aliphatic carbocycles. The number of hydrogen-bond acceptors (Lipinski definition) is 7. The molecule has 4 rings (SSSR count). The quantitative estimate of drug-likeness (QED) is 0.111. The maximum absolute atomic E-state index is 12.9. The fourth-order valence-corrected chi connectivity index (χ4v) is 4.16. The highest BCUT2D eigenvalue weighted by molar-refractivity contribution is 7.99. The molecule has 0 spiro atoms. The van der Waals surface area contributed by atoms with Crippen molar-refractivity contribution in [3.8, 4) is 0 Å². The highest BCUT2D eigenvalue weighted by Gasteiger charge is 2.23. The van der Waals surface area contributed by atoms with E-state index in [4.69, 9.17) is 4.74 Å². The molecular weight excluding hydrogens is 428 g/mol. The van der Waals surface area contributed by atoms with Gasteiger partial charge in [0.2, 0.25) is 0 Å². The number of nitrogens with zero attached hydrogens (tertiary/aromatic N) is 3. The summed E-state index contributed by atoms with van der Waals surface area (Å²) in [7, 11) is 1.23. The second-order valence-electron chi connectivity index (χ2n) is 6.82. The molecule has 0 saturated heterocycles. The van der Waals surface area contributed by atoms with Gasteiger partial charge in [-0.2, -0.15) is 0 Å². The zero-order valence-electron chi connectivity index (χ0n) is 17.2. The number of carbonyl (C=O) groups excluding carboxylic acids is 1. The summed E-state index contributed by atoms with van der Waals surface area (Å²) in [6.07, 6.45) is 1.60. The number of para-hydroxylation sites is 3. The van der Waals surface area contributed by atoms with Crippen molar-refractivity contribution in [3.05, 3.63) is 83.1 Å². The van der Waals surface area contributed by atoms with Gasteiger partial charge in [-0.1, -0.05) is 42.1 Å². The second-order valence-corrected chi connectivity index (χ2v) is 7.76. The highest BCUT2D eigenvalue weighted by Crippen LogP contribution is 2.25. The van der Waals surface area contributed by atoms with Crippen molar-refractivity contribution < 1.29 is 14.6 Å². The van der Waals surface area contributed by atoms with Crippen LogP contribution in [-0.4, -0.2) is 43.5 Å². The summed E-state index contributed by atoms with van der Waals surface area (Å²) in [5.41, 5.74) is 1.65. The molecule has 0 unspecified atom stereocenters. The highest BCUT2D eigenvalue weighted by atomic mass is 32.2. The Bertz CT molecular complexity index is 1390. The van der Waals surface area contributed by atoms with E-state index >= 15 is 0 Å². The first-order valence-electron chi connectivity index (χ1n) is 9.72. The molecule has 0 saturated carbocycles. The number of carbonyl (C=O) groups is 1. The van der Waals surface area contributed by atoms with E-state index in [-0.39, 0.29) is 35.0 Å². The van der Waals surface area contributed by atoms with Gasteiger partial charge >= 0.3 is 5.97 Å². The second kappa shape index (κ2) is 9.11. The van der Waals surface area contributed by atoms with Crippen LogP contribution < -0.4 is 5.56 Å². The summed E-state index contributed by atoms with van der Waals surface area (Å²) in [6, 6.07) is 14.3. The number of fused-ring (bicyclic) bond motifs is 2. The Morgan fingerprint density at radius 3 is 2.62 bits per heavy atom. The monoisotopic (exact) mass is 448 g/mol. The molecule has 0 atom stereocenters. The van der Waals surface area contributed by atoms with E-state index in [0.29, 0.717) is 21.6 Å². The SMILES string of the molecule is C=CCn1c(SC/C(O)=C(/C(=O)OC)c2nc3ccccc3[nH]2)nc2ccccc2c1=O. The lowest BCUT2D eigenvalue weighted by molar-refractivity contribution is -0.133. The number of H-pyrrole nitrogens is 1. The summed E-state index contributed by atoms with van der Waals surface area (Å²) < 4.78 is 6.34. The minimum absolute atomic E-state index is 0.0244. The summed E-state index contributed by atoms with van der Waals surface area (Å²) in [5.74, 6) is -0.791. The lowest BCUT2D eigenvalue weighted by Crippen LogP contribution is -2.23. The normalized spacial score (nSPS) is 12.0. The van der Waals surface area contributed by atoms with Crippen LogP contribution in [0.5, 0.6) is 0 Å². The number of allylic oxidation sites excluding steroid dienone is 1. The number of imidazole rings is 1. The number of nitrogens with one attached hydrogen (secondary N) is 1. The molecule has 32 heavy (non-hydrogen) atoms. The number of rotatable bonds is 7. The third-order valence-corrected chi connectivity index (χ3v) is 5.77. The number of aliphatic hydroxyl groups excluding tert-OH is 1. The van der Waals surface area contributed by atoms with Gasteiger partial charge in [0.05, 0.1) is 34.8 Å². The van der Waals surface area contributed by atoms with E-state index in [1.165, 1.54) is 11.7 Å². The van der Waals surface area contributed by atoms with Crippen LogP contribution >= 0.6 is 11.8 Å². The van der Waals surface area contributed by atoms with Crippen LogP contribution in [0.25, 0.3) is 27.5 Å². The molecule has 0 aliphatic heterocycles. The summed E-state index contributed by atoms with van der Waals surface area (Å²) in [6.45, 7) is 3.97. The van der Waals surface area contributed by atoms with E-state index in [2.05, 4.69) is 21.5 Å². The van der Waals surface area contributed by atoms with E-state index < -0.39 is 5.97 Å². The van der Waals surface area contributed by atoms with Gasteiger partial charge in [-0.15, -0.1) is 6.58 Å². The number of aliphatic hydroxyl groups is 1. The molecule has 0 bridgehead atoms. The molecule has 162 valence electrons. The minimum atomic E-state index is -0.725. The maximum Gasteiger partial charge on any atom is 0.345 e. The van der Waals surface area contributed by atoms with Crippen molar-refractivity contribution >= 4 is 45.2 Å². The third-order valence-electron chi connectivity index (χ3n) is 4.78. The van der Waals surface area contributed by atoms with Gasteiger partial charge in [-0.05, 0) is 24.3 Å². The van der Waals surface area contributed by atoms with E-state index in [0.717, 1.165) is 17.3 Å². The van der Waals surface area contributed by atoms with Crippen molar-refractivity contribution in [2.24, 2.45) is 0 Å². The number of thioether (sulfide) groups is 1. The minimum Gasteiger partial charge on any atom is -0.510 e. The zero-order valence-corrected chi connectivity index (χ0v) is 18.1. The third kappa shape index (κ3) is 4.02. The van der Waals surface area contributed by atoms with Gasteiger partial charge in [0.25, 0.3) is 5.56 Å². The topological polar surface area (TPSA) is 110 Å². The summed E-state index contributed by atoms with van der Waals surface area (Å²) in [5, 5.41) is 11.7. The average Bonchev–Trinajstić information content (AvgIpc) is 3.23. The van der Waals surface area contributed by atoms with E-state index in [1.807, 2.05) is 18.2 Å². The molecule has 0 amide bonds. The largest absolute Gasteiger partial charge is 0.510 e. The first-order valence-corrected chi connectivity index (χ1v) is 10.7. The van der Waals surface area contributed by atoms with Gasteiger partial charge in [-0.3, -0.25) is 9.36 Å². The van der Waals surface area contributed by atoms with Gasteiger partial charge in [-0.25, -0.2) is 14.8 Å². The number of methoxy groups -OCH3 is 1. The van der Waals surface area contributed by atoms with Crippen molar-refractivity contribution in [3.63, 3.8) is 0 Å². The zero-order chi connectivity index (χ0) is 22.7. The molecule has 0 fully saturated rings. The predicted octanol–water partition coefficient (Wildman–Crippen LogP) is 3.69. The lowest BCUT2D eigenvalue weighted by Gasteiger charge is -2.12. The number of aromatic nitrogens is 4. The Labute approximate surface area is 187 Å². The molecule has 8 nitrogen and oxygen atoms in total. The van der Waals surface area contributed by atoms with Gasteiger partial charge in [0.15, 0.2) is 5.16 Å². The van der Waals surface area contributed by atoms with E-state index in [9.17, 15) is 14.7 Å². The Kier molecular flexibility index (Phi) is 6.09. The van der Waals surface area contributed by atoms with Crippen LogP contribution in [-0.2, 0) is 16.1 Å². The van der Waals surface area contributed by atoms with Crippen LogP contribution in [0.2, 0.25) is 0 Å². The van der Waals surface area contributed by atoms with E-state index in [1.54, 1.807) is 36.4 Å². The molecule has 9 heteroatoms. The van der Waals surface area contributed by atoms with Gasteiger partial charge in [0, 0.05) is 6.54 Å². The number of benzene rings is 2. The molecule has 2 N–H and O–H groups in total. The van der Waals surface area contributed by atoms with Crippen molar-refractivity contribution in [2.75, 3.05) is 12.9 Å². The molecular formula is C23H20N4O4S. The molecule has 0 aliphatic rings. The van der Waals surface area contributed by atoms with Crippen LogP contribution in [0, 0.1) is 0 Å². The molecule has 2 heterocycles. The predicted molar refractivity (Wildman–Crippen MR) is 125 cm³/mol. The van der Waals surface area contributed by atoms with Crippen molar-refractivity contribution in [2.45, 2.75) is 11.7 Å². The van der Waals surface area contributed by atoms with Crippen molar-refractivity contribution in [1.29, 1.82) is 0 Å². The Morgan fingerprint density at radius 2 is 1.91 bits per heavy atom. The van der Waals surface area contributed by atoms with Gasteiger partial charge in [0.1, 0.15) is 17.2 Å². The number of esters is 1. The fraction of sp³-hybridized carbons (Fsp3) is 0.130.